The number of fused-ring (bicyclic) bond motifs is 6. The summed E-state index contributed by atoms with van der Waals surface area (Å²) < 4.78 is 134. The Morgan fingerprint density at radius 3 is 1.75 bits per heavy atom. The number of ketones is 3. The highest BCUT2D eigenvalue weighted by Gasteiger charge is 2.46. The van der Waals surface area contributed by atoms with Gasteiger partial charge in [-0.15, -0.1) is 13.5 Å². The van der Waals surface area contributed by atoms with Crippen LogP contribution < -0.4 is 32.1 Å². The Kier molecular flexibility index (Phi) is 29.9. The number of aryl methyl sites for hydroxylation is 2. The Morgan fingerprint density at radius 1 is 0.556 bits per heavy atom. The third-order valence-electron chi connectivity index (χ3n) is 21.6. The highest BCUT2D eigenvalue weighted by atomic mass is 32.3. The van der Waals surface area contributed by atoms with Crippen LogP contribution in [0.15, 0.2) is 156 Å². The van der Waals surface area contributed by atoms with Crippen LogP contribution >= 0.6 is 0 Å². The van der Waals surface area contributed by atoms with Crippen LogP contribution in [0.25, 0.3) is 0 Å². The zero-order valence-electron chi connectivity index (χ0n) is 69.6. The Morgan fingerprint density at radius 2 is 1.13 bits per heavy atom. The van der Waals surface area contributed by atoms with Crippen LogP contribution in [0.1, 0.15) is 128 Å². The van der Waals surface area contributed by atoms with Crippen molar-refractivity contribution in [1.29, 1.82) is 0 Å². The molecule has 37 heteroatoms. The summed E-state index contributed by atoms with van der Waals surface area (Å²) in [6.07, 6.45) is -0.140. The second-order valence-corrected chi connectivity index (χ2v) is 33.9. The molecular weight excluding hydrogens is 1680 g/mol. The van der Waals surface area contributed by atoms with E-state index in [2.05, 4.69) is 15.3 Å². The molecule has 4 N–H and O–H groups in total. The smallest absolute Gasteiger partial charge is 0.493 e. The lowest BCUT2D eigenvalue weighted by molar-refractivity contribution is -0.277. The molecule has 666 valence electrons. The van der Waals surface area contributed by atoms with Gasteiger partial charge in [-0.2, -0.15) is 0 Å². The van der Waals surface area contributed by atoms with Gasteiger partial charge >= 0.3 is 10.4 Å². The van der Waals surface area contributed by atoms with Gasteiger partial charge in [0.2, 0.25) is 6.29 Å². The van der Waals surface area contributed by atoms with Crippen LogP contribution in [-0.2, 0) is 114 Å². The predicted molar refractivity (Wildman–Crippen MR) is 452 cm³/mol. The molecular formula is C89H97N9O26S2. The van der Waals surface area contributed by atoms with Gasteiger partial charge in [0.15, 0.2) is 61.7 Å². The summed E-state index contributed by atoms with van der Waals surface area (Å²) in [4.78, 5) is 85.6. The number of hydrogen-bond donors (Lipinski definition) is 4. The van der Waals surface area contributed by atoms with Gasteiger partial charge < -0.3 is 95.3 Å². The average molecular weight is 1770 g/mol. The van der Waals surface area contributed by atoms with E-state index in [4.69, 9.17) is 70.5 Å². The van der Waals surface area contributed by atoms with Crippen LogP contribution in [0.4, 0.5) is 11.4 Å². The van der Waals surface area contributed by atoms with E-state index in [1.165, 1.54) is 62.8 Å². The van der Waals surface area contributed by atoms with E-state index in [9.17, 15) is 61.2 Å². The Bertz CT molecular complexity index is 5710. The van der Waals surface area contributed by atoms with Gasteiger partial charge in [-0.05, 0) is 103 Å². The van der Waals surface area contributed by atoms with E-state index in [1.54, 1.807) is 81.9 Å². The van der Waals surface area contributed by atoms with Crippen molar-refractivity contribution in [2.75, 3.05) is 86.0 Å². The lowest BCUT2D eigenvalue weighted by Gasteiger charge is -2.39. The van der Waals surface area contributed by atoms with Crippen LogP contribution in [-0.4, -0.2) is 242 Å². The molecule has 2 amide bonds. The van der Waals surface area contributed by atoms with Crippen molar-refractivity contribution in [3.63, 3.8) is 0 Å². The molecule has 0 bridgehead atoms. The van der Waals surface area contributed by atoms with Crippen LogP contribution in [0, 0.1) is 6.92 Å². The number of hydrogen-bond acceptors (Lipinski definition) is 31. The van der Waals surface area contributed by atoms with Crippen molar-refractivity contribution in [2.24, 2.45) is 17.0 Å². The third-order valence-corrected chi connectivity index (χ3v) is 23.9. The first-order valence-electron chi connectivity index (χ1n) is 40.9. The Labute approximate surface area is 726 Å². The highest BCUT2D eigenvalue weighted by Crippen LogP contribution is 2.43. The van der Waals surface area contributed by atoms with Crippen LogP contribution in [0.3, 0.4) is 0 Å². The van der Waals surface area contributed by atoms with E-state index < -0.39 is 86.4 Å². The first-order valence-corrected chi connectivity index (χ1v) is 44.1. The van der Waals surface area contributed by atoms with Crippen molar-refractivity contribution < 1.29 is 122 Å². The second-order valence-electron chi connectivity index (χ2n) is 30.7. The predicted octanol–water partition coefficient (Wildman–Crippen LogP) is 7.65. The van der Waals surface area contributed by atoms with E-state index in [-0.39, 0.29) is 178 Å². The summed E-state index contributed by atoms with van der Waals surface area (Å²) >= 11 is 0. The number of aromatic nitrogens is 5. The molecule has 0 spiro atoms. The highest BCUT2D eigenvalue weighted by molar-refractivity contribution is 7.91. The quantitative estimate of drug-likeness (QED) is 0.0210. The maximum Gasteiger partial charge on any atom is 0.501 e. The number of rotatable bonds is 44. The van der Waals surface area contributed by atoms with E-state index >= 15 is 0 Å². The molecule has 0 aliphatic carbocycles. The summed E-state index contributed by atoms with van der Waals surface area (Å²) in [5.74, 6) is -3.30. The van der Waals surface area contributed by atoms with Crippen molar-refractivity contribution in [3.8, 4) is 40.2 Å². The van der Waals surface area contributed by atoms with E-state index in [1.807, 2.05) is 54.9 Å². The molecule has 5 aliphatic rings. The van der Waals surface area contributed by atoms with Gasteiger partial charge in [0.05, 0.1) is 145 Å². The number of aliphatic imine (C=N–C) groups is 2. The largest absolute Gasteiger partial charge is 0.501 e. The lowest BCUT2D eigenvalue weighted by atomic mass is 9.94. The average Bonchev–Trinajstić information content (AvgIpc) is 1.64. The molecule has 7 atom stereocenters. The number of amides is 2. The van der Waals surface area contributed by atoms with Crippen molar-refractivity contribution in [1.82, 2.24) is 34.3 Å². The van der Waals surface area contributed by atoms with Crippen molar-refractivity contribution >= 4 is 73.2 Å². The van der Waals surface area contributed by atoms with Crippen molar-refractivity contribution in [2.45, 2.75) is 133 Å². The first kappa shape index (κ1) is 90.5. The van der Waals surface area contributed by atoms with E-state index in [0.29, 0.717) is 84.9 Å². The maximum atomic E-state index is 14.6. The number of Topliss-reactive ketones (excluding diaryl/α,β-unsaturated/α-hetero) is 3. The summed E-state index contributed by atoms with van der Waals surface area (Å²) in [7, 11) is -4.28. The molecule has 7 heterocycles. The number of imidazole rings is 1. The minimum absolute atomic E-state index is 0.0580. The molecule has 1 saturated heterocycles. The molecule has 0 radical (unpaired) electrons. The number of ether oxygens (including phenoxy) is 11. The van der Waals surface area contributed by atoms with Gasteiger partial charge in [0.1, 0.15) is 54.8 Å². The number of benzene rings is 7. The fourth-order valence-electron chi connectivity index (χ4n) is 14.9. The van der Waals surface area contributed by atoms with Gasteiger partial charge in [-0.3, -0.25) is 34.0 Å². The molecule has 2 unspecified atom stereocenters. The molecule has 1 fully saturated rings. The molecule has 14 rings (SSSR count). The third kappa shape index (κ3) is 22.9. The molecule has 2 aromatic heterocycles. The van der Waals surface area contributed by atoms with Gasteiger partial charge in [-0.25, -0.2) is 18.1 Å². The summed E-state index contributed by atoms with van der Waals surface area (Å²) in [5, 5.41) is 50.6. The minimum atomic E-state index is -5.31. The number of aliphatic hydroxyl groups is 4. The molecule has 9 aromatic rings. The Balaban J connectivity index is 0.554. The zero-order valence-corrected chi connectivity index (χ0v) is 71.3. The lowest BCUT2D eigenvalue weighted by Crippen LogP contribution is -2.60. The number of methoxy groups -OCH3 is 2. The minimum Gasteiger partial charge on any atom is -0.493 e. The first-order chi connectivity index (χ1) is 60.8. The van der Waals surface area contributed by atoms with Gasteiger partial charge in [0, 0.05) is 93.0 Å². The van der Waals surface area contributed by atoms with Crippen LogP contribution in [0.5, 0.6) is 40.2 Å². The molecule has 5 aliphatic heterocycles. The topological polar surface area (TPSA) is 434 Å². The number of carbonyl (C=O) groups is 5. The molecule has 35 nitrogen and oxygen atoms in total. The zero-order chi connectivity index (χ0) is 88.6. The normalized spacial score (nSPS) is 18.2. The van der Waals surface area contributed by atoms with Gasteiger partial charge in [0.25, 0.3) is 11.8 Å². The van der Waals surface area contributed by atoms with Gasteiger partial charge in [-0.1, -0.05) is 83.6 Å². The van der Waals surface area contributed by atoms with Crippen LogP contribution in [0.2, 0.25) is 0 Å². The van der Waals surface area contributed by atoms with E-state index in [0.717, 1.165) is 34.1 Å². The molecule has 0 saturated carbocycles. The Hall–Kier alpha value is -11.7. The summed E-state index contributed by atoms with van der Waals surface area (Å²) in [6, 6.07) is 34.5. The molecule has 126 heavy (non-hydrogen) atoms. The molecule has 7 aromatic carbocycles. The fraction of sp³-hybridized carbons (Fsp3) is 0.393. The number of nitrogens with zero attached hydrogens (tertiary/aromatic N) is 9. The summed E-state index contributed by atoms with van der Waals surface area (Å²) in [6.45, 7) is 4.03. The van der Waals surface area contributed by atoms with Crippen molar-refractivity contribution in [3.05, 3.63) is 224 Å². The second kappa shape index (κ2) is 41.6. The summed E-state index contributed by atoms with van der Waals surface area (Å²) in [5.41, 5.74) is 8.47. The number of aliphatic hydroxyl groups excluding tert-OH is 4. The number of carbonyl (C=O) groups excluding carboxylic acids is 5. The SMILES string of the molecule is COc1cc2c(cc1OCc1cc(COc3cc4c(cc3OC)C(=O)N3Cc5ccccc5C[C@H]3C=N4)cc(OS(=O)(=O)Oc3cc(C(=O)CCCOCCOCCOCCn4cc(COCCOCCCC(=O)c5ccc(C(=O)CS(=O)(=O)Cc6ccc(C)cc6)cc5)nn4)ccc3OC3O[C@H](CO)[C@H](O)[C@H](O)[C@@H]3O)c1)N=CC1Cc3c(ncn3C)CN1C2=O. The maximum absolute atomic E-state index is 14.6. The standard InChI is InChI=1S/C89H97N9O26S2/c1-55-13-15-56(16-14-55)52-125(108,109)53-76(102)60-19-17-59(18-20-60)74(100)11-7-24-115-31-32-118-51-64-46-96(94-93-64)23-26-116-28-30-117-29-27-114-25-8-12-75(101)62-21-22-77(121-89-86(105)85(104)84(103)83(48-99)122-89)82(37-62)124-126(110,111)123-67-34-57(49-119-80-41-70-68(39-78(80)112-3)87(106)97-45-63-10-6-5-9-61(63)36-65(97)43-90-70)33-58(35-67)50-120-81-42-71-69(40-79(81)113-4)88(107)98-47-72-73(95(2)54-92-72)38-66(98)44-91-71/h5-6,9-10,13-22,33-35,37,39-44,46,54,65-66,83-86,89,99,103-105H,7-8,11-12,23-32,36,38,45,47-53H2,1-4H3/t65-,66?,83+,84-,85-,86-,89?/m0/s1. The monoisotopic (exact) mass is 1770 g/mol. The fourth-order valence-corrected chi connectivity index (χ4v) is 17.0. The number of sulfone groups is 1.